The third-order valence-electron chi connectivity index (χ3n) is 2.69. The second-order valence-corrected chi connectivity index (χ2v) is 3.93. The molecule has 17 heavy (non-hydrogen) atoms. The van der Waals surface area contributed by atoms with Crippen LogP contribution in [0.1, 0.15) is 0 Å². The van der Waals surface area contributed by atoms with Gasteiger partial charge in [-0.15, -0.1) is 0 Å². The SMILES string of the molecule is c1cn2ccc(OC[C@H]3COCCO3)cc2n1. The number of aromatic nitrogens is 2. The summed E-state index contributed by atoms with van der Waals surface area (Å²) in [5, 5.41) is 0. The maximum Gasteiger partial charge on any atom is 0.140 e. The minimum atomic E-state index is 0.0275. The maximum absolute atomic E-state index is 5.66. The Bertz CT molecular complexity index is 491. The Morgan fingerprint density at radius 1 is 1.41 bits per heavy atom. The standard InChI is InChI=1S/C12H14N2O3/c1-3-14-4-2-13-12(14)7-10(1)17-9-11-8-15-5-6-16-11/h1-4,7,11H,5-6,8-9H2/t11-/m1/s1. The van der Waals surface area contributed by atoms with Crippen LogP contribution in [0.3, 0.4) is 0 Å². The highest BCUT2D eigenvalue weighted by molar-refractivity contribution is 5.43. The van der Waals surface area contributed by atoms with Gasteiger partial charge >= 0.3 is 0 Å². The number of rotatable bonds is 3. The molecule has 0 amide bonds. The van der Waals surface area contributed by atoms with Gasteiger partial charge in [0.2, 0.25) is 0 Å². The number of ether oxygens (including phenoxy) is 3. The van der Waals surface area contributed by atoms with Gasteiger partial charge in [0.1, 0.15) is 24.1 Å². The fraction of sp³-hybridized carbons (Fsp3) is 0.417. The number of imidazole rings is 1. The molecule has 0 radical (unpaired) electrons. The quantitative estimate of drug-likeness (QED) is 0.798. The van der Waals surface area contributed by atoms with E-state index >= 15 is 0 Å². The molecular formula is C12H14N2O3. The third kappa shape index (κ3) is 2.40. The molecule has 1 fully saturated rings. The summed E-state index contributed by atoms with van der Waals surface area (Å²) in [5.74, 6) is 0.804. The van der Waals surface area contributed by atoms with Crippen LogP contribution in [-0.4, -0.2) is 41.9 Å². The molecule has 1 aliphatic heterocycles. The molecule has 1 atom stereocenters. The Balaban J connectivity index is 1.63. The second kappa shape index (κ2) is 4.73. The van der Waals surface area contributed by atoms with Crippen molar-refractivity contribution in [3.63, 3.8) is 0 Å². The molecule has 2 aromatic rings. The first-order chi connectivity index (χ1) is 8.42. The van der Waals surface area contributed by atoms with E-state index in [2.05, 4.69) is 4.98 Å². The molecule has 3 rings (SSSR count). The first kappa shape index (κ1) is 10.6. The Hall–Kier alpha value is -1.59. The Kier molecular flexibility index (Phi) is 2.94. The minimum absolute atomic E-state index is 0.0275. The average Bonchev–Trinajstić information content (AvgIpc) is 2.85. The van der Waals surface area contributed by atoms with Gasteiger partial charge in [0.05, 0.1) is 19.8 Å². The summed E-state index contributed by atoms with van der Waals surface area (Å²) in [5.41, 5.74) is 0.878. The van der Waals surface area contributed by atoms with Crippen LogP contribution in [0, 0.1) is 0 Å². The van der Waals surface area contributed by atoms with Crippen molar-refractivity contribution in [2.45, 2.75) is 6.10 Å². The van der Waals surface area contributed by atoms with Gasteiger partial charge in [-0.25, -0.2) is 4.98 Å². The van der Waals surface area contributed by atoms with Gasteiger partial charge in [0.15, 0.2) is 0 Å². The number of hydrogen-bond acceptors (Lipinski definition) is 4. The Labute approximate surface area is 98.9 Å². The van der Waals surface area contributed by atoms with Crippen LogP contribution in [0.2, 0.25) is 0 Å². The molecule has 5 nitrogen and oxygen atoms in total. The van der Waals surface area contributed by atoms with E-state index in [-0.39, 0.29) is 6.10 Å². The molecule has 0 spiro atoms. The van der Waals surface area contributed by atoms with E-state index in [1.165, 1.54) is 0 Å². The van der Waals surface area contributed by atoms with E-state index in [0.717, 1.165) is 11.4 Å². The van der Waals surface area contributed by atoms with Gasteiger partial charge in [-0.3, -0.25) is 0 Å². The molecule has 90 valence electrons. The average molecular weight is 234 g/mol. The summed E-state index contributed by atoms with van der Waals surface area (Å²) in [6, 6.07) is 3.82. The normalized spacial score (nSPS) is 20.6. The molecule has 1 saturated heterocycles. The summed E-state index contributed by atoms with van der Waals surface area (Å²) >= 11 is 0. The van der Waals surface area contributed by atoms with Crippen LogP contribution in [-0.2, 0) is 9.47 Å². The first-order valence-corrected chi connectivity index (χ1v) is 5.67. The number of hydrogen-bond donors (Lipinski definition) is 0. The molecule has 0 aromatic carbocycles. The van der Waals surface area contributed by atoms with E-state index in [1.807, 2.05) is 28.9 Å². The first-order valence-electron chi connectivity index (χ1n) is 5.67. The topological polar surface area (TPSA) is 45.0 Å². The molecule has 3 heterocycles. The van der Waals surface area contributed by atoms with Gasteiger partial charge < -0.3 is 18.6 Å². The van der Waals surface area contributed by atoms with Gasteiger partial charge in [0.25, 0.3) is 0 Å². The van der Waals surface area contributed by atoms with Gasteiger partial charge in [-0.1, -0.05) is 0 Å². The molecule has 0 unspecified atom stereocenters. The lowest BCUT2D eigenvalue weighted by Crippen LogP contribution is -2.33. The monoisotopic (exact) mass is 234 g/mol. The molecule has 0 N–H and O–H groups in total. The van der Waals surface area contributed by atoms with Crippen LogP contribution in [0.15, 0.2) is 30.7 Å². The highest BCUT2D eigenvalue weighted by atomic mass is 16.6. The van der Waals surface area contributed by atoms with Crippen molar-refractivity contribution in [2.75, 3.05) is 26.4 Å². The van der Waals surface area contributed by atoms with E-state index < -0.39 is 0 Å². The highest BCUT2D eigenvalue weighted by Gasteiger charge is 2.14. The van der Waals surface area contributed by atoms with Crippen LogP contribution < -0.4 is 4.74 Å². The van der Waals surface area contributed by atoms with Crippen LogP contribution in [0.25, 0.3) is 5.65 Å². The van der Waals surface area contributed by atoms with E-state index in [1.54, 1.807) is 6.20 Å². The van der Waals surface area contributed by atoms with Gasteiger partial charge in [-0.05, 0) is 6.07 Å². The molecule has 0 aliphatic carbocycles. The largest absolute Gasteiger partial charge is 0.491 e. The zero-order chi connectivity index (χ0) is 11.5. The maximum atomic E-state index is 5.66. The van der Waals surface area contributed by atoms with Crippen LogP contribution >= 0.6 is 0 Å². The summed E-state index contributed by atoms with van der Waals surface area (Å²) in [6.07, 6.45) is 5.62. The van der Waals surface area contributed by atoms with Crippen molar-refractivity contribution in [2.24, 2.45) is 0 Å². The molecule has 1 aliphatic rings. The van der Waals surface area contributed by atoms with E-state index in [4.69, 9.17) is 14.2 Å². The lowest BCUT2D eigenvalue weighted by Gasteiger charge is -2.22. The van der Waals surface area contributed by atoms with Crippen molar-refractivity contribution in [1.29, 1.82) is 0 Å². The second-order valence-electron chi connectivity index (χ2n) is 3.93. The summed E-state index contributed by atoms with van der Waals surface area (Å²) in [6.45, 7) is 2.44. The summed E-state index contributed by atoms with van der Waals surface area (Å²) in [4.78, 5) is 4.20. The van der Waals surface area contributed by atoms with Crippen molar-refractivity contribution >= 4 is 5.65 Å². The zero-order valence-corrected chi connectivity index (χ0v) is 9.41. The van der Waals surface area contributed by atoms with Crippen molar-refractivity contribution in [1.82, 2.24) is 9.38 Å². The van der Waals surface area contributed by atoms with Crippen LogP contribution in [0.5, 0.6) is 5.75 Å². The minimum Gasteiger partial charge on any atom is -0.491 e. The zero-order valence-electron chi connectivity index (χ0n) is 9.41. The fourth-order valence-corrected chi connectivity index (χ4v) is 1.80. The molecule has 0 saturated carbocycles. The van der Waals surface area contributed by atoms with E-state index in [9.17, 15) is 0 Å². The molecule has 5 heteroatoms. The van der Waals surface area contributed by atoms with Gasteiger partial charge in [-0.2, -0.15) is 0 Å². The molecule has 0 bridgehead atoms. The lowest BCUT2D eigenvalue weighted by atomic mass is 10.3. The molecular weight excluding hydrogens is 220 g/mol. The number of pyridine rings is 1. The van der Waals surface area contributed by atoms with E-state index in [0.29, 0.717) is 26.4 Å². The Morgan fingerprint density at radius 3 is 3.29 bits per heavy atom. The predicted molar refractivity (Wildman–Crippen MR) is 61.2 cm³/mol. The van der Waals surface area contributed by atoms with Crippen LogP contribution in [0.4, 0.5) is 0 Å². The number of nitrogens with zero attached hydrogens (tertiary/aromatic N) is 2. The lowest BCUT2D eigenvalue weighted by molar-refractivity contribution is -0.101. The predicted octanol–water partition coefficient (Wildman–Crippen LogP) is 1.13. The van der Waals surface area contributed by atoms with Gasteiger partial charge in [0, 0.05) is 24.7 Å². The molecule has 2 aromatic heterocycles. The number of fused-ring (bicyclic) bond motifs is 1. The highest BCUT2D eigenvalue weighted by Crippen LogP contribution is 2.14. The van der Waals surface area contributed by atoms with Crippen molar-refractivity contribution in [3.05, 3.63) is 30.7 Å². The summed E-state index contributed by atoms with van der Waals surface area (Å²) in [7, 11) is 0. The summed E-state index contributed by atoms with van der Waals surface area (Å²) < 4.78 is 18.4. The van der Waals surface area contributed by atoms with Crippen molar-refractivity contribution < 1.29 is 14.2 Å². The third-order valence-corrected chi connectivity index (χ3v) is 2.69. The smallest absolute Gasteiger partial charge is 0.140 e. The van der Waals surface area contributed by atoms with Crippen molar-refractivity contribution in [3.8, 4) is 5.75 Å². The fourth-order valence-electron chi connectivity index (χ4n) is 1.80. The Morgan fingerprint density at radius 2 is 2.41 bits per heavy atom.